The Balaban J connectivity index is 2.07. The lowest BCUT2D eigenvalue weighted by Crippen LogP contribution is -2.23. The first-order chi connectivity index (χ1) is 10.5. The summed E-state index contributed by atoms with van der Waals surface area (Å²) in [5, 5.41) is 11.8. The van der Waals surface area contributed by atoms with E-state index in [0.717, 1.165) is 11.1 Å². The lowest BCUT2D eigenvalue weighted by Gasteiger charge is -2.10. The normalized spacial score (nSPS) is 10.4. The fraction of sp³-hybridized carbons (Fsp3) is 0.235. The molecule has 116 valence electrons. The summed E-state index contributed by atoms with van der Waals surface area (Å²) < 4.78 is 18.4. The third-order valence-electron chi connectivity index (χ3n) is 3.41. The zero-order valence-electron chi connectivity index (χ0n) is 12.5. The molecule has 0 aliphatic rings. The van der Waals surface area contributed by atoms with Crippen LogP contribution in [0.4, 0.5) is 4.39 Å². The Bertz CT molecular complexity index is 686. The second-order valence-electron chi connectivity index (χ2n) is 4.95. The molecular formula is C17H18FNO3. The summed E-state index contributed by atoms with van der Waals surface area (Å²) in [6, 6.07) is 9.62. The molecule has 0 aromatic heterocycles. The molecule has 0 saturated heterocycles. The molecule has 1 amide bonds. The molecule has 2 N–H and O–H groups in total. The van der Waals surface area contributed by atoms with E-state index in [-0.39, 0.29) is 24.6 Å². The molecule has 2 aromatic rings. The van der Waals surface area contributed by atoms with Gasteiger partial charge in [-0.1, -0.05) is 6.07 Å². The molecule has 4 nitrogen and oxygen atoms in total. The van der Waals surface area contributed by atoms with E-state index >= 15 is 0 Å². The summed E-state index contributed by atoms with van der Waals surface area (Å²) >= 11 is 0. The smallest absolute Gasteiger partial charge is 0.251 e. The van der Waals surface area contributed by atoms with Crippen LogP contribution >= 0.6 is 0 Å². The molecule has 2 aromatic carbocycles. The quantitative estimate of drug-likeness (QED) is 0.892. The molecule has 0 atom stereocenters. The van der Waals surface area contributed by atoms with Crippen LogP contribution in [0.5, 0.6) is 5.75 Å². The molecule has 0 aliphatic heterocycles. The van der Waals surface area contributed by atoms with E-state index in [1.807, 2.05) is 6.92 Å². The monoisotopic (exact) mass is 303 g/mol. The number of ether oxygens (including phenoxy) is 1. The Morgan fingerprint density at radius 2 is 2.05 bits per heavy atom. The molecule has 0 unspecified atom stereocenters. The molecule has 0 spiro atoms. The van der Waals surface area contributed by atoms with Gasteiger partial charge in [-0.15, -0.1) is 0 Å². The van der Waals surface area contributed by atoms with Gasteiger partial charge in [0.05, 0.1) is 13.7 Å². The summed E-state index contributed by atoms with van der Waals surface area (Å²) in [6.07, 6.45) is 0. The first kappa shape index (κ1) is 16.0. The highest BCUT2D eigenvalue weighted by Crippen LogP contribution is 2.17. The van der Waals surface area contributed by atoms with Gasteiger partial charge in [-0.05, 0) is 48.4 Å². The summed E-state index contributed by atoms with van der Waals surface area (Å²) in [6.45, 7) is 1.72. The van der Waals surface area contributed by atoms with Crippen LogP contribution in [0.25, 0.3) is 0 Å². The third-order valence-corrected chi connectivity index (χ3v) is 3.41. The van der Waals surface area contributed by atoms with Crippen LogP contribution in [-0.2, 0) is 13.2 Å². The molecule has 5 heteroatoms. The van der Waals surface area contributed by atoms with Gasteiger partial charge in [0.25, 0.3) is 5.91 Å². The second-order valence-corrected chi connectivity index (χ2v) is 4.95. The lowest BCUT2D eigenvalue weighted by atomic mass is 10.1. The second kappa shape index (κ2) is 7.04. The van der Waals surface area contributed by atoms with Crippen LogP contribution in [0.15, 0.2) is 36.4 Å². The SMILES string of the molecule is COc1ccc(C(=O)NCc2ccc(F)c(CO)c2)c(C)c1. The first-order valence-corrected chi connectivity index (χ1v) is 6.86. The van der Waals surface area contributed by atoms with Gasteiger partial charge in [0.2, 0.25) is 0 Å². The minimum absolute atomic E-state index is 0.213. The van der Waals surface area contributed by atoms with Crippen molar-refractivity contribution in [3.63, 3.8) is 0 Å². The minimum atomic E-state index is -0.455. The number of hydrogen-bond donors (Lipinski definition) is 2. The van der Waals surface area contributed by atoms with Gasteiger partial charge < -0.3 is 15.2 Å². The van der Waals surface area contributed by atoms with E-state index < -0.39 is 5.82 Å². The number of nitrogens with one attached hydrogen (secondary N) is 1. The van der Waals surface area contributed by atoms with E-state index in [9.17, 15) is 9.18 Å². The minimum Gasteiger partial charge on any atom is -0.497 e. The van der Waals surface area contributed by atoms with E-state index in [4.69, 9.17) is 9.84 Å². The Morgan fingerprint density at radius 3 is 2.68 bits per heavy atom. The van der Waals surface area contributed by atoms with Gasteiger partial charge in [-0.25, -0.2) is 4.39 Å². The average molecular weight is 303 g/mol. The molecule has 0 radical (unpaired) electrons. The van der Waals surface area contributed by atoms with Crippen LogP contribution in [0, 0.1) is 12.7 Å². The molecule has 0 fully saturated rings. The van der Waals surface area contributed by atoms with Gasteiger partial charge in [0.15, 0.2) is 0 Å². The number of aryl methyl sites for hydroxylation is 1. The Kier molecular flexibility index (Phi) is 5.12. The molecule has 0 aliphatic carbocycles. The number of rotatable bonds is 5. The van der Waals surface area contributed by atoms with Crippen molar-refractivity contribution in [2.24, 2.45) is 0 Å². The van der Waals surface area contributed by atoms with Gasteiger partial charge >= 0.3 is 0 Å². The van der Waals surface area contributed by atoms with Crippen molar-refractivity contribution in [3.05, 3.63) is 64.5 Å². The highest BCUT2D eigenvalue weighted by Gasteiger charge is 2.10. The zero-order valence-corrected chi connectivity index (χ0v) is 12.5. The predicted molar refractivity (Wildman–Crippen MR) is 81.2 cm³/mol. The molecular weight excluding hydrogens is 285 g/mol. The Labute approximate surface area is 128 Å². The number of aliphatic hydroxyl groups is 1. The number of aliphatic hydroxyl groups excluding tert-OH is 1. The fourth-order valence-electron chi connectivity index (χ4n) is 2.15. The third kappa shape index (κ3) is 3.62. The van der Waals surface area contributed by atoms with Crippen LogP contribution in [0.3, 0.4) is 0 Å². The number of halogens is 1. The lowest BCUT2D eigenvalue weighted by molar-refractivity contribution is 0.0950. The summed E-state index contributed by atoms with van der Waals surface area (Å²) in [5.74, 6) is 0.0266. The van der Waals surface area contributed by atoms with Crippen molar-refractivity contribution in [1.82, 2.24) is 5.32 Å². The number of carbonyl (C=O) groups is 1. The van der Waals surface area contributed by atoms with E-state index in [0.29, 0.717) is 11.3 Å². The van der Waals surface area contributed by atoms with Crippen LogP contribution in [0.2, 0.25) is 0 Å². The van der Waals surface area contributed by atoms with Gasteiger partial charge in [-0.2, -0.15) is 0 Å². The van der Waals surface area contributed by atoms with Crippen molar-refractivity contribution in [2.75, 3.05) is 7.11 Å². The maximum atomic E-state index is 13.3. The summed E-state index contributed by atoms with van der Waals surface area (Å²) in [7, 11) is 1.57. The molecule has 0 bridgehead atoms. The molecule has 0 heterocycles. The van der Waals surface area contributed by atoms with Gasteiger partial charge in [-0.3, -0.25) is 4.79 Å². The maximum absolute atomic E-state index is 13.3. The topological polar surface area (TPSA) is 58.6 Å². The standard InChI is InChI=1S/C17H18FNO3/c1-11-7-14(22-2)4-5-15(11)17(21)19-9-12-3-6-16(18)13(8-12)10-20/h3-8,20H,9-10H2,1-2H3,(H,19,21). The molecule has 2 rings (SSSR count). The van der Waals surface area contributed by atoms with Crippen molar-refractivity contribution in [3.8, 4) is 5.75 Å². The highest BCUT2D eigenvalue weighted by atomic mass is 19.1. The van der Waals surface area contributed by atoms with Crippen molar-refractivity contribution >= 4 is 5.91 Å². The maximum Gasteiger partial charge on any atom is 0.251 e. The van der Waals surface area contributed by atoms with Gasteiger partial charge in [0.1, 0.15) is 11.6 Å². The van der Waals surface area contributed by atoms with Crippen LogP contribution < -0.4 is 10.1 Å². The number of amides is 1. The van der Waals surface area contributed by atoms with Crippen LogP contribution in [-0.4, -0.2) is 18.1 Å². The van der Waals surface area contributed by atoms with Crippen molar-refractivity contribution in [2.45, 2.75) is 20.1 Å². The van der Waals surface area contributed by atoms with Crippen molar-refractivity contribution in [1.29, 1.82) is 0 Å². The number of hydrogen-bond acceptors (Lipinski definition) is 3. The summed E-state index contributed by atoms with van der Waals surface area (Å²) in [5.41, 5.74) is 2.31. The van der Waals surface area contributed by atoms with E-state index in [2.05, 4.69) is 5.32 Å². The Hall–Kier alpha value is -2.40. The van der Waals surface area contributed by atoms with Gasteiger partial charge in [0, 0.05) is 17.7 Å². The van der Waals surface area contributed by atoms with Crippen LogP contribution in [0.1, 0.15) is 27.0 Å². The number of benzene rings is 2. The average Bonchev–Trinajstić information content (AvgIpc) is 2.53. The Morgan fingerprint density at radius 1 is 1.27 bits per heavy atom. The largest absolute Gasteiger partial charge is 0.497 e. The number of carbonyl (C=O) groups excluding carboxylic acids is 1. The zero-order chi connectivity index (χ0) is 16.1. The van der Waals surface area contributed by atoms with E-state index in [1.54, 1.807) is 31.4 Å². The first-order valence-electron chi connectivity index (χ1n) is 6.86. The number of methoxy groups -OCH3 is 1. The van der Waals surface area contributed by atoms with E-state index in [1.165, 1.54) is 12.1 Å². The predicted octanol–water partition coefficient (Wildman–Crippen LogP) is 2.57. The van der Waals surface area contributed by atoms with Crippen molar-refractivity contribution < 1.29 is 19.0 Å². The fourth-order valence-corrected chi connectivity index (χ4v) is 2.15. The molecule has 0 saturated carbocycles. The molecule has 22 heavy (non-hydrogen) atoms. The summed E-state index contributed by atoms with van der Waals surface area (Å²) in [4.78, 5) is 12.2. The highest BCUT2D eigenvalue weighted by molar-refractivity contribution is 5.95.